The number of hydrogen-bond acceptors (Lipinski definition) is 5. The molecule has 0 aliphatic carbocycles. The lowest BCUT2D eigenvalue weighted by Gasteiger charge is -2.13. The summed E-state index contributed by atoms with van der Waals surface area (Å²) in [4.78, 5) is 33.4. The number of carbonyl (C=O) groups excluding carboxylic acids is 2. The summed E-state index contributed by atoms with van der Waals surface area (Å²) in [5, 5.41) is 11.3. The van der Waals surface area contributed by atoms with Crippen LogP contribution in [-0.2, 0) is 19.1 Å². The lowest BCUT2D eigenvalue weighted by Crippen LogP contribution is -2.42. The molecule has 0 aliphatic rings. The van der Waals surface area contributed by atoms with Gasteiger partial charge in [-0.15, -0.1) is 0 Å². The number of thioether (sulfide) groups is 1. The predicted molar refractivity (Wildman–Crippen MR) is 73.0 cm³/mol. The summed E-state index contributed by atoms with van der Waals surface area (Å²) in [5.41, 5.74) is 0. The van der Waals surface area contributed by atoms with Crippen molar-refractivity contribution in [3.8, 4) is 0 Å². The van der Waals surface area contributed by atoms with Crippen LogP contribution < -0.4 is 5.32 Å². The van der Waals surface area contributed by atoms with Gasteiger partial charge < -0.3 is 15.2 Å². The summed E-state index contributed by atoms with van der Waals surface area (Å²) in [6.45, 7) is 2.06. The van der Waals surface area contributed by atoms with E-state index in [2.05, 4.69) is 17.0 Å². The number of carboxylic acids is 1. The second kappa shape index (κ2) is 10.7. The molecule has 19 heavy (non-hydrogen) atoms. The van der Waals surface area contributed by atoms with Gasteiger partial charge in [-0.25, -0.2) is 4.79 Å². The van der Waals surface area contributed by atoms with Crippen LogP contribution in [0.1, 0.15) is 32.6 Å². The fraction of sp³-hybridized carbons (Fsp3) is 0.750. The molecule has 1 amide bonds. The number of amides is 1. The van der Waals surface area contributed by atoms with E-state index in [1.54, 1.807) is 0 Å². The largest absolute Gasteiger partial charge is 0.480 e. The van der Waals surface area contributed by atoms with Gasteiger partial charge in [-0.3, -0.25) is 9.59 Å². The Kier molecular flexibility index (Phi) is 9.97. The van der Waals surface area contributed by atoms with Gasteiger partial charge in [0.1, 0.15) is 6.04 Å². The number of aliphatic carboxylic acids is 1. The standard InChI is InChI=1S/C12H21NO5S/c1-3-4-7-19-8-10(14)13-9(12(16)17)5-6-11(15)18-2/h9H,3-8H2,1-2H3,(H,13,14)(H,16,17). The zero-order valence-corrected chi connectivity index (χ0v) is 12.1. The molecule has 0 aliphatic heterocycles. The van der Waals surface area contributed by atoms with E-state index >= 15 is 0 Å². The third-order valence-corrected chi connectivity index (χ3v) is 3.42. The molecule has 0 bridgehead atoms. The van der Waals surface area contributed by atoms with Crippen molar-refractivity contribution in [1.82, 2.24) is 5.32 Å². The maximum absolute atomic E-state index is 11.5. The van der Waals surface area contributed by atoms with Crippen LogP contribution in [0.4, 0.5) is 0 Å². The predicted octanol–water partition coefficient (Wildman–Crippen LogP) is 1.04. The van der Waals surface area contributed by atoms with E-state index in [0.29, 0.717) is 0 Å². The average molecular weight is 291 g/mol. The summed E-state index contributed by atoms with van der Waals surface area (Å²) in [7, 11) is 1.24. The Balaban J connectivity index is 4.01. The Bertz CT molecular complexity index is 308. The fourth-order valence-corrected chi connectivity index (χ4v) is 2.17. The van der Waals surface area contributed by atoms with Crippen molar-refractivity contribution < 1.29 is 24.2 Å². The Labute approximate surface area is 117 Å². The van der Waals surface area contributed by atoms with Crippen LogP contribution in [0.3, 0.4) is 0 Å². The molecule has 0 saturated carbocycles. The zero-order chi connectivity index (χ0) is 14.7. The van der Waals surface area contributed by atoms with Crippen LogP contribution in [0.15, 0.2) is 0 Å². The first-order valence-electron chi connectivity index (χ1n) is 6.18. The molecule has 0 aromatic rings. The number of unbranched alkanes of at least 4 members (excludes halogenated alkanes) is 1. The van der Waals surface area contributed by atoms with Gasteiger partial charge in [-0.2, -0.15) is 11.8 Å². The molecule has 0 heterocycles. The smallest absolute Gasteiger partial charge is 0.326 e. The van der Waals surface area contributed by atoms with E-state index in [1.807, 2.05) is 0 Å². The molecule has 6 nitrogen and oxygen atoms in total. The Morgan fingerprint density at radius 2 is 2.05 bits per heavy atom. The number of carbonyl (C=O) groups is 3. The van der Waals surface area contributed by atoms with E-state index in [9.17, 15) is 14.4 Å². The minimum atomic E-state index is -1.14. The quantitative estimate of drug-likeness (QED) is 0.461. The SMILES string of the molecule is CCCCSCC(=O)NC(CCC(=O)OC)C(=O)O. The van der Waals surface area contributed by atoms with Crippen molar-refractivity contribution in [3.63, 3.8) is 0 Å². The van der Waals surface area contributed by atoms with E-state index in [-0.39, 0.29) is 24.5 Å². The number of rotatable bonds is 10. The molecular formula is C12H21NO5S. The van der Waals surface area contributed by atoms with E-state index in [0.717, 1.165) is 18.6 Å². The first kappa shape index (κ1) is 17.8. The van der Waals surface area contributed by atoms with E-state index in [1.165, 1.54) is 18.9 Å². The van der Waals surface area contributed by atoms with Crippen molar-refractivity contribution in [3.05, 3.63) is 0 Å². The summed E-state index contributed by atoms with van der Waals surface area (Å²) in [6.07, 6.45) is 2.10. The van der Waals surface area contributed by atoms with Gasteiger partial charge in [0.2, 0.25) is 5.91 Å². The van der Waals surface area contributed by atoms with Gasteiger partial charge in [0.15, 0.2) is 0 Å². The average Bonchev–Trinajstić information content (AvgIpc) is 2.38. The van der Waals surface area contributed by atoms with Crippen molar-refractivity contribution >= 4 is 29.6 Å². The summed E-state index contributed by atoms with van der Waals surface area (Å²) in [5.74, 6) is -0.835. The fourth-order valence-electron chi connectivity index (χ4n) is 1.27. The molecule has 0 radical (unpaired) electrons. The normalized spacial score (nSPS) is 11.7. The van der Waals surface area contributed by atoms with Crippen LogP contribution in [0, 0.1) is 0 Å². The maximum atomic E-state index is 11.5. The van der Waals surface area contributed by atoms with Crippen LogP contribution in [0.5, 0.6) is 0 Å². The van der Waals surface area contributed by atoms with Crippen LogP contribution in [0.2, 0.25) is 0 Å². The minimum absolute atomic E-state index is 0.0310. The minimum Gasteiger partial charge on any atom is -0.480 e. The molecule has 0 aromatic carbocycles. The molecule has 1 unspecified atom stereocenters. The molecule has 0 spiro atoms. The third kappa shape index (κ3) is 9.35. The van der Waals surface area contributed by atoms with Gasteiger partial charge >= 0.3 is 11.9 Å². The molecule has 0 aromatic heterocycles. The number of esters is 1. The molecule has 1 atom stereocenters. The van der Waals surface area contributed by atoms with Gasteiger partial charge in [-0.05, 0) is 18.6 Å². The van der Waals surface area contributed by atoms with Crippen LogP contribution >= 0.6 is 11.8 Å². The van der Waals surface area contributed by atoms with Crippen molar-refractivity contribution in [1.29, 1.82) is 0 Å². The second-order valence-electron chi connectivity index (χ2n) is 3.98. The Morgan fingerprint density at radius 1 is 1.37 bits per heavy atom. The van der Waals surface area contributed by atoms with Gasteiger partial charge in [-0.1, -0.05) is 13.3 Å². The van der Waals surface area contributed by atoms with Crippen molar-refractivity contribution in [2.75, 3.05) is 18.6 Å². The highest BCUT2D eigenvalue weighted by atomic mass is 32.2. The molecule has 0 rings (SSSR count). The summed E-state index contributed by atoms with van der Waals surface area (Å²) >= 11 is 1.47. The molecule has 0 fully saturated rings. The summed E-state index contributed by atoms with van der Waals surface area (Å²) < 4.78 is 4.43. The highest BCUT2D eigenvalue weighted by Gasteiger charge is 2.20. The van der Waals surface area contributed by atoms with E-state index < -0.39 is 18.0 Å². The molecule has 110 valence electrons. The second-order valence-corrected chi connectivity index (χ2v) is 5.08. The molecule has 0 saturated heterocycles. The van der Waals surface area contributed by atoms with Gasteiger partial charge in [0.25, 0.3) is 0 Å². The number of nitrogens with one attached hydrogen (secondary N) is 1. The van der Waals surface area contributed by atoms with Crippen molar-refractivity contribution in [2.24, 2.45) is 0 Å². The number of carboxylic acid groups (broad SMARTS) is 1. The first-order chi connectivity index (χ1) is 9.01. The monoisotopic (exact) mass is 291 g/mol. The number of methoxy groups -OCH3 is 1. The maximum Gasteiger partial charge on any atom is 0.326 e. The topological polar surface area (TPSA) is 92.7 Å². The lowest BCUT2D eigenvalue weighted by molar-refractivity contribution is -0.143. The molecule has 7 heteroatoms. The van der Waals surface area contributed by atoms with Gasteiger partial charge in [0, 0.05) is 6.42 Å². The van der Waals surface area contributed by atoms with Crippen molar-refractivity contribution in [2.45, 2.75) is 38.6 Å². The zero-order valence-electron chi connectivity index (χ0n) is 11.3. The first-order valence-corrected chi connectivity index (χ1v) is 7.33. The highest BCUT2D eigenvalue weighted by Crippen LogP contribution is 2.05. The number of hydrogen-bond donors (Lipinski definition) is 2. The Hall–Kier alpha value is -1.24. The van der Waals surface area contributed by atoms with Crippen LogP contribution in [-0.4, -0.2) is 47.6 Å². The Morgan fingerprint density at radius 3 is 2.58 bits per heavy atom. The number of ether oxygens (including phenoxy) is 1. The van der Waals surface area contributed by atoms with Gasteiger partial charge in [0.05, 0.1) is 12.9 Å². The van der Waals surface area contributed by atoms with E-state index in [4.69, 9.17) is 5.11 Å². The lowest BCUT2D eigenvalue weighted by atomic mass is 10.1. The highest BCUT2D eigenvalue weighted by molar-refractivity contribution is 7.99. The molecular weight excluding hydrogens is 270 g/mol. The van der Waals surface area contributed by atoms with Crippen LogP contribution in [0.25, 0.3) is 0 Å². The third-order valence-electron chi connectivity index (χ3n) is 2.37. The molecule has 2 N–H and O–H groups in total. The summed E-state index contributed by atoms with van der Waals surface area (Å²) in [6, 6.07) is -1.04.